The minimum absolute atomic E-state index is 0.249. The highest BCUT2D eigenvalue weighted by atomic mass is 16.6. The van der Waals surface area contributed by atoms with Gasteiger partial charge in [0.15, 0.2) is 5.78 Å². The summed E-state index contributed by atoms with van der Waals surface area (Å²) in [6.45, 7) is 2.25. The molecule has 0 bridgehead atoms. The molecular weight excluding hydrogens is 348 g/mol. The third-order valence-corrected chi connectivity index (χ3v) is 6.09. The number of nitrogens with zero attached hydrogens (tertiary/aromatic N) is 2. The number of ketones is 1. The smallest absolute Gasteiger partial charge is 0.410 e. The molecule has 27 heavy (non-hydrogen) atoms. The molecule has 1 aromatic carbocycles. The van der Waals surface area contributed by atoms with Gasteiger partial charge in [0, 0.05) is 29.8 Å². The van der Waals surface area contributed by atoms with Gasteiger partial charge in [-0.1, -0.05) is 18.2 Å². The van der Waals surface area contributed by atoms with Crippen LogP contribution in [0.1, 0.15) is 34.1 Å². The number of hydrogen-bond acceptors (Lipinski definition) is 6. The van der Waals surface area contributed by atoms with E-state index in [1.165, 1.54) is 7.11 Å². The first-order chi connectivity index (χ1) is 13.0. The van der Waals surface area contributed by atoms with E-state index in [-0.39, 0.29) is 11.9 Å². The number of piperidine rings is 1. The number of rotatable bonds is 0. The highest BCUT2D eigenvalue weighted by molar-refractivity contribution is 6.14. The molecule has 0 N–H and O–H groups in total. The number of para-hydroxylation sites is 1. The van der Waals surface area contributed by atoms with Crippen LogP contribution in [0.3, 0.4) is 0 Å². The zero-order valence-corrected chi connectivity index (χ0v) is 15.0. The molecule has 7 nitrogen and oxygen atoms in total. The number of likely N-dealkylation sites (tertiary alicyclic amines) is 1. The maximum absolute atomic E-state index is 13.3. The molecule has 2 aromatic rings. The second-order valence-electron chi connectivity index (χ2n) is 7.31. The SMILES string of the molecule is COC(=O)N1CC[C@@H]2OC(=O)[C@@H]3C(=O)c4c(nc5ccccc5c4C)[C@H]1[C@@H]32. The predicted octanol–water partition coefficient (Wildman–Crippen LogP) is 2.41. The third-order valence-electron chi connectivity index (χ3n) is 6.09. The summed E-state index contributed by atoms with van der Waals surface area (Å²) >= 11 is 0. The average molecular weight is 366 g/mol. The van der Waals surface area contributed by atoms with Gasteiger partial charge in [-0.25, -0.2) is 9.78 Å². The Balaban J connectivity index is 1.81. The fraction of sp³-hybridized carbons (Fsp3) is 0.400. The Kier molecular flexibility index (Phi) is 3.32. The first-order valence-electron chi connectivity index (χ1n) is 9.01. The molecular formula is C20H18N2O5. The minimum Gasteiger partial charge on any atom is -0.461 e. The number of amides is 1. The molecule has 1 aromatic heterocycles. The Bertz CT molecular complexity index is 1020. The minimum atomic E-state index is -0.887. The summed E-state index contributed by atoms with van der Waals surface area (Å²) in [6, 6.07) is 7.06. The lowest BCUT2D eigenvalue weighted by Gasteiger charge is -2.44. The number of hydrogen-bond donors (Lipinski definition) is 0. The van der Waals surface area contributed by atoms with Gasteiger partial charge in [0.25, 0.3) is 0 Å². The Hall–Kier alpha value is -2.96. The van der Waals surface area contributed by atoms with E-state index in [1.807, 2.05) is 31.2 Å². The lowest BCUT2D eigenvalue weighted by atomic mass is 9.69. The Morgan fingerprint density at radius 2 is 2.07 bits per heavy atom. The Labute approximate surface area is 155 Å². The monoisotopic (exact) mass is 366 g/mol. The van der Waals surface area contributed by atoms with Crippen LogP contribution < -0.4 is 0 Å². The van der Waals surface area contributed by atoms with Gasteiger partial charge < -0.3 is 9.47 Å². The van der Waals surface area contributed by atoms with Crippen LogP contribution in [-0.2, 0) is 14.3 Å². The molecule has 138 valence electrons. The van der Waals surface area contributed by atoms with Crippen molar-refractivity contribution in [3.05, 3.63) is 41.1 Å². The molecule has 3 aliphatic rings. The number of ether oxygens (including phenoxy) is 2. The van der Waals surface area contributed by atoms with Crippen LogP contribution in [0.2, 0.25) is 0 Å². The molecule has 7 heteroatoms. The molecule has 1 aliphatic carbocycles. The van der Waals surface area contributed by atoms with E-state index < -0.39 is 29.9 Å². The molecule has 0 saturated carbocycles. The number of Topliss-reactive ketones (excluding diaryl/α,β-unsaturated/α-hetero) is 1. The summed E-state index contributed by atoms with van der Waals surface area (Å²) < 4.78 is 10.5. The third kappa shape index (κ3) is 2.02. The van der Waals surface area contributed by atoms with Crippen LogP contribution in [-0.4, -0.2) is 47.5 Å². The maximum Gasteiger partial charge on any atom is 0.410 e. The number of aromatic nitrogens is 1. The van der Waals surface area contributed by atoms with E-state index in [2.05, 4.69) is 0 Å². The number of benzene rings is 1. The van der Waals surface area contributed by atoms with Crippen molar-refractivity contribution in [1.82, 2.24) is 9.88 Å². The van der Waals surface area contributed by atoms with E-state index >= 15 is 0 Å². The fourth-order valence-electron chi connectivity index (χ4n) is 4.94. The van der Waals surface area contributed by atoms with Crippen LogP contribution >= 0.6 is 0 Å². The van der Waals surface area contributed by atoms with Gasteiger partial charge in [0.05, 0.1) is 24.4 Å². The van der Waals surface area contributed by atoms with Crippen molar-refractivity contribution in [1.29, 1.82) is 0 Å². The topological polar surface area (TPSA) is 85.8 Å². The van der Waals surface area contributed by atoms with Gasteiger partial charge in [0.2, 0.25) is 0 Å². The highest BCUT2D eigenvalue weighted by Gasteiger charge is 2.61. The second kappa shape index (κ2) is 5.52. The number of carbonyl (C=O) groups is 3. The summed E-state index contributed by atoms with van der Waals surface area (Å²) in [5.74, 6) is -2.05. The first kappa shape index (κ1) is 16.2. The summed E-state index contributed by atoms with van der Waals surface area (Å²) in [7, 11) is 1.33. The van der Waals surface area contributed by atoms with Crippen molar-refractivity contribution in [3.8, 4) is 0 Å². The van der Waals surface area contributed by atoms with Crippen LogP contribution in [0, 0.1) is 18.8 Å². The zero-order chi connectivity index (χ0) is 18.9. The predicted molar refractivity (Wildman–Crippen MR) is 94.1 cm³/mol. The van der Waals surface area contributed by atoms with Gasteiger partial charge in [-0.2, -0.15) is 0 Å². The number of carbonyl (C=O) groups excluding carboxylic acids is 3. The number of pyridine rings is 1. The van der Waals surface area contributed by atoms with Crippen LogP contribution in [0.15, 0.2) is 24.3 Å². The number of esters is 1. The standard InChI is InChI=1S/C20H18N2O5/c1-9-10-5-3-4-6-11(10)21-16-13(9)18(23)15-14-12(27-19(15)24)7-8-22(17(14)16)20(25)26-2/h3-6,12,14-15,17H,7-8H2,1-2H3/t12-,14+,15-,17+/m0/s1. The van der Waals surface area contributed by atoms with Crippen molar-refractivity contribution in [3.63, 3.8) is 0 Å². The van der Waals surface area contributed by atoms with Gasteiger partial charge in [-0.15, -0.1) is 0 Å². The zero-order valence-electron chi connectivity index (χ0n) is 15.0. The number of fused-ring (bicyclic) bond motifs is 3. The normalized spacial score (nSPS) is 28.6. The highest BCUT2D eigenvalue weighted by Crippen LogP contribution is 2.51. The summed E-state index contributed by atoms with van der Waals surface area (Å²) in [6.07, 6.45) is -0.364. The molecule has 2 aliphatic heterocycles. The van der Waals surface area contributed by atoms with E-state index in [0.29, 0.717) is 24.2 Å². The average Bonchev–Trinajstić information content (AvgIpc) is 3.01. The van der Waals surface area contributed by atoms with E-state index in [9.17, 15) is 14.4 Å². The second-order valence-corrected chi connectivity index (χ2v) is 7.31. The van der Waals surface area contributed by atoms with Crippen molar-refractivity contribution < 1.29 is 23.9 Å². The van der Waals surface area contributed by atoms with Crippen molar-refractivity contribution in [2.45, 2.75) is 25.5 Å². The molecule has 3 heterocycles. The van der Waals surface area contributed by atoms with Crippen LogP contribution in [0.5, 0.6) is 0 Å². The van der Waals surface area contributed by atoms with Crippen molar-refractivity contribution >= 4 is 28.7 Å². The Morgan fingerprint density at radius 1 is 1.30 bits per heavy atom. The quantitative estimate of drug-likeness (QED) is 0.526. The largest absolute Gasteiger partial charge is 0.461 e. The fourth-order valence-corrected chi connectivity index (χ4v) is 4.94. The molecule has 0 spiro atoms. The van der Waals surface area contributed by atoms with Gasteiger partial charge >= 0.3 is 12.1 Å². The summed E-state index contributed by atoms with van der Waals surface area (Å²) in [5.41, 5.74) is 2.53. The van der Waals surface area contributed by atoms with Crippen LogP contribution in [0.25, 0.3) is 10.9 Å². The van der Waals surface area contributed by atoms with E-state index in [1.54, 1.807) is 4.90 Å². The molecule has 0 radical (unpaired) electrons. The number of aryl methyl sites for hydroxylation is 1. The maximum atomic E-state index is 13.3. The molecule has 5 rings (SSSR count). The molecule has 4 atom stereocenters. The van der Waals surface area contributed by atoms with Crippen molar-refractivity contribution in [2.24, 2.45) is 11.8 Å². The lowest BCUT2D eigenvalue weighted by molar-refractivity contribution is -0.143. The first-order valence-corrected chi connectivity index (χ1v) is 9.01. The molecule has 0 unspecified atom stereocenters. The van der Waals surface area contributed by atoms with E-state index in [0.717, 1.165) is 16.5 Å². The van der Waals surface area contributed by atoms with E-state index in [4.69, 9.17) is 14.5 Å². The molecule has 2 saturated heterocycles. The summed E-state index contributed by atoms with van der Waals surface area (Å²) in [5, 5.41) is 0.867. The van der Waals surface area contributed by atoms with Crippen molar-refractivity contribution in [2.75, 3.05) is 13.7 Å². The van der Waals surface area contributed by atoms with Crippen LogP contribution in [0.4, 0.5) is 4.79 Å². The molecule has 2 fully saturated rings. The lowest BCUT2D eigenvalue weighted by Crippen LogP contribution is -2.52. The Morgan fingerprint density at radius 3 is 2.85 bits per heavy atom. The van der Waals surface area contributed by atoms with Gasteiger partial charge in [-0.3, -0.25) is 14.5 Å². The number of methoxy groups -OCH3 is 1. The van der Waals surface area contributed by atoms with Gasteiger partial charge in [0.1, 0.15) is 12.0 Å². The molecule has 1 amide bonds. The van der Waals surface area contributed by atoms with Gasteiger partial charge in [-0.05, 0) is 18.6 Å². The summed E-state index contributed by atoms with van der Waals surface area (Å²) in [4.78, 5) is 44.6.